The molecule has 0 unspecified atom stereocenters. The fourth-order valence-electron chi connectivity index (χ4n) is 2.04. The topological polar surface area (TPSA) is 50.8 Å². The van der Waals surface area contributed by atoms with Gasteiger partial charge in [0.25, 0.3) is 5.91 Å². The van der Waals surface area contributed by atoms with Crippen molar-refractivity contribution in [3.63, 3.8) is 0 Å². The number of rotatable bonds is 7. The zero-order valence-corrected chi connectivity index (χ0v) is 13.7. The standard InChI is InChI=1S/C18H22N2O3/c1-20(2)15-10-8-14(9-11-15)12-19-18(21)13-23-17-7-5-4-6-16(17)22-3/h4-11H,12-13H2,1-3H3,(H,19,21). The molecule has 5 heteroatoms. The van der Waals surface area contributed by atoms with Gasteiger partial charge in [-0.15, -0.1) is 0 Å². The number of anilines is 1. The van der Waals surface area contributed by atoms with Crippen LogP contribution in [0.3, 0.4) is 0 Å². The zero-order chi connectivity index (χ0) is 16.7. The predicted molar refractivity (Wildman–Crippen MR) is 91.1 cm³/mol. The normalized spacial score (nSPS) is 10.0. The number of benzene rings is 2. The Bertz CT molecular complexity index is 639. The number of hydrogen-bond acceptors (Lipinski definition) is 4. The molecule has 0 aliphatic rings. The molecule has 0 bridgehead atoms. The third-order valence-corrected chi connectivity index (χ3v) is 3.37. The molecule has 2 aromatic carbocycles. The van der Waals surface area contributed by atoms with Gasteiger partial charge in [-0.1, -0.05) is 24.3 Å². The van der Waals surface area contributed by atoms with Gasteiger partial charge in [-0.05, 0) is 29.8 Å². The molecule has 122 valence electrons. The molecule has 0 radical (unpaired) electrons. The van der Waals surface area contributed by atoms with Crippen molar-refractivity contribution >= 4 is 11.6 Å². The van der Waals surface area contributed by atoms with Gasteiger partial charge in [0, 0.05) is 26.3 Å². The van der Waals surface area contributed by atoms with Gasteiger partial charge in [0.1, 0.15) is 0 Å². The van der Waals surface area contributed by atoms with Gasteiger partial charge in [-0.3, -0.25) is 4.79 Å². The lowest BCUT2D eigenvalue weighted by molar-refractivity contribution is -0.123. The van der Waals surface area contributed by atoms with Crippen molar-refractivity contribution in [2.45, 2.75) is 6.54 Å². The summed E-state index contributed by atoms with van der Waals surface area (Å²) in [6.07, 6.45) is 0. The van der Waals surface area contributed by atoms with Crippen molar-refractivity contribution in [2.24, 2.45) is 0 Å². The second-order valence-corrected chi connectivity index (χ2v) is 5.28. The third-order valence-electron chi connectivity index (χ3n) is 3.37. The number of carbonyl (C=O) groups is 1. The first-order valence-electron chi connectivity index (χ1n) is 7.39. The van der Waals surface area contributed by atoms with Crippen LogP contribution >= 0.6 is 0 Å². The number of nitrogens with zero attached hydrogens (tertiary/aromatic N) is 1. The molecule has 0 saturated carbocycles. The fraction of sp³-hybridized carbons (Fsp3) is 0.278. The van der Waals surface area contributed by atoms with E-state index in [1.54, 1.807) is 19.2 Å². The highest BCUT2D eigenvalue weighted by Gasteiger charge is 2.06. The largest absolute Gasteiger partial charge is 0.493 e. The van der Waals surface area contributed by atoms with Crippen molar-refractivity contribution in [1.29, 1.82) is 0 Å². The van der Waals surface area contributed by atoms with Gasteiger partial charge < -0.3 is 19.7 Å². The predicted octanol–water partition coefficient (Wildman–Crippen LogP) is 2.46. The van der Waals surface area contributed by atoms with Crippen LogP contribution in [0.2, 0.25) is 0 Å². The molecule has 1 N–H and O–H groups in total. The highest BCUT2D eigenvalue weighted by Crippen LogP contribution is 2.25. The Labute approximate surface area is 136 Å². The van der Waals surface area contributed by atoms with Crippen LogP contribution in [0.25, 0.3) is 0 Å². The van der Waals surface area contributed by atoms with Gasteiger partial charge in [-0.2, -0.15) is 0 Å². The van der Waals surface area contributed by atoms with Crippen LogP contribution in [0, 0.1) is 0 Å². The van der Waals surface area contributed by atoms with E-state index in [-0.39, 0.29) is 12.5 Å². The Kier molecular flexibility index (Phi) is 5.86. The molecular formula is C18H22N2O3. The summed E-state index contributed by atoms with van der Waals surface area (Å²) in [6.45, 7) is 0.429. The molecule has 0 atom stereocenters. The first-order chi connectivity index (χ1) is 11.1. The lowest BCUT2D eigenvalue weighted by Crippen LogP contribution is -2.28. The molecule has 0 heterocycles. The first-order valence-corrected chi connectivity index (χ1v) is 7.39. The number of methoxy groups -OCH3 is 1. The number of ether oxygens (including phenoxy) is 2. The van der Waals surface area contributed by atoms with Gasteiger partial charge in [0.15, 0.2) is 18.1 Å². The molecule has 0 aliphatic heterocycles. The maximum absolute atomic E-state index is 11.9. The summed E-state index contributed by atoms with van der Waals surface area (Å²) in [5, 5.41) is 2.84. The van der Waals surface area contributed by atoms with E-state index in [9.17, 15) is 4.79 Å². The van der Waals surface area contributed by atoms with Crippen LogP contribution in [-0.4, -0.2) is 33.7 Å². The van der Waals surface area contributed by atoms with Crippen LogP contribution in [0.15, 0.2) is 48.5 Å². The highest BCUT2D eigenvalue weighted by atomic mass is 16.5. The van der Waals surface area contributed by atoms with Crippen molar-refractivity contribution < 1.29 is 14.3 Å². The summed E-state index contributed by atoms with van der Waals surface area (Å²) in [6, 6.07) is 15.3. The SMILES string of the molecule is COc1ccccc1OCC(=O)NCc1ccc(N(C)C)cc1. The fourth-order valence-corrected chi connectivity index (χ4v) is 2.04. The summed E-state index contributed by atoms with van der Waals surface area (Å²) in [7, 11) is 5.55. The minimum atomic E-state index is -0.174. The van der Waals surface area contributed by atoms with Gasteiger partial charge >= 0.3 is 0 Å². The monoisotopic (exact) mass is 314 g/mol. The van der Waals surface area contributed by atoms with Crippen LogP contribution in [0.4, 0.5) is 5.69 Å². The molecule has 23 heavy (non-hydrogen) atoms. The van der Waals surface area contributed by atoms with Crippen molar-refractivity contribution in [3.8, 4) is 11.5 Å². The molecular weight excluding hydrogens is 292 g/mol. The van der Waals surface area contributed by atoms with Crippen LogP contribution < -0.4 is 19.7 Å². The Morgan fingerprint density at radius 3 is 2.30 bits per heavy atom. The van der Waals surface area contributed by atoms with E-state index in [1.165, 1.54) is 0 Å². The summed E-state index contributed by atoms with van der Waals surface area (Å²) < 4.78 is 10.7. The molecule has 2 aromatic rings. The van der Waals surface area contributed by atoms with E-state index < -0.39 is 0 Å². The molecule has 0 aliphatic carbocycles. The number of para-hydroxylation sites is 2. The summed E-state index contributed by atoms with van der Waals surface area (Å²) in [5.74, 6) is 0.993. The maximum Gasteiger partial charge on any atom is 0.258 e. The molecule has 1 amide bonds. The number of nitrogens with one attached hydrogen (secondary N) is 1. The number of carbonyl (C=O) groups excluding carboxylic acids is 1. The minimum absolute atomic E-state index is 0.0455. The van der Waals surface area contributed by atoms with Crippen molar-refractivity contribution in [2.75, 3.05) is 32.7 Å². The maximum atomic E-state index is 11.9. The Balaban J connectivity index is 1.81. The second-order valence-electron chi connectivity index (χ2n) is 5.28. The second kappa shape index (κ2) is 8.08. The number of hydrogen-bond donors (Lipinski definition) is 1. The van der Waals surface area contributed by atoms with E-state index in [0.717, 1.165) is 11.3 Å². The smallest absolute Gasteiger partial charge is 0.258 e. The van der Waals surface area contributed by atoms with E-state index in [1.807, 2.05) is 55.4 Å². The third kappa shape index (κ3) is 4.92. The molecule has 0 fully saturated rings. The molecule has 2 rings (SSSR count). The van der Waals surface area contributed by atoms with Crippen LogP contribution in [0.5, 0.6) is 11.5 Å². The van der Waals surface area contributed by atoms with E-state index in [0.29, 0.717) is 18.0 Å². The summed E-state index contributed by atoms with van der Waals surface area (Å²) >= 11 is 0. The van der Waals surface area contributed by atoms with Gasteiger partial charge in [0.05, 0.1) is 7.11 Å². The minimum Gasteiger partial charge on any atom is -0.493 e. The van der Waals surface area contributed by atoms with E-state index in [4.69, 9.17) is 9.47 Å². The van der Waals surface area contributed by atoms with Crippen LogP contribution in [0.1, 0.15) is 5.56 Å². The van der Waals surface area contributed by atoms with E-state index >= 15 is 0 Å². The Morgan fingerprint density at radius 1 is 1.04 bits per heavy atom. The average Bonchev–Trinajstić information content (AvgIpc) is 2.58. The summed E-state index contributed by atoms with van der Waals surface area (Å²) in [5.41, 5.74) is 2.17. The summed E-state index contributed by atoms with van der Waals surface area (Å²) in [4.78, 5) is 13.9. The van der Waals surface area contributed by atoms with E-state index in [2.05, 4.69) is 5.32 Å². The molecule has 0 spiro atoms. The molecule has 0 saturated heterocycles. The van der Waals surface area contributed by atoms with Gasteiger partial charge in [0.2, 0.25) is 0 Å². The highest BCUT2D eigenvalue weighted by molar-refractivity contribution is 5.77. The Morgan fingerprint density at radius 2 is 1.70 bits per heavy atom. The average molecular weight is 314 g/mol. The lowest BCUT2D eigenvalue weighted by Gasteiger charge is -2.13. The van der Waals surface area contributed by atoms with Crippen molar-refractivity contribution in [1.82, 2.24) is 5.32 Å². The van der Waals surface area contributed by atoms with Gasteiger partial charge in [-0.25, -0.2) is 0 Å². The first kappa shape index (κ1) is 16.7. The number of amides is 1. The van der Waals surface area contributed by atoms with Crippen molar-refractivity contribution in [3.05, 3.63) is 54.1 Å². The Hall–Kier alpha value is -2.69. The van der Waals surface area contributed by atoms with Crippen LogP contribution in [-0.2, 0) is 11.3 Å². The lowest BCUT2D eigenvalue weighted by atomic mass is 10.2. The molecule has 5 nitrogen and oxygen atoms in total. The zero-order valence-electron chi connectivity index (χ0n) is 13.7. The quantitative estimate of drug-likeness (QED) is 0.853. The molecule has 0 aromatic heterocycles.